The molecule has 1 aliphatic carbocycles. The summed E-state index contributed by atoms with van der Waals surface area (Å²) < 4.78 is 0. The molecule has 0 saturated heterocycles. The van der Waals surface area contributed by atoms with Crippen LogP contribution in [0.1, 0.15) is 37.3 Å². The first-order valence-corrected chi connectivity index (χ1v) is 6.58. The summed E-state index contributed by atoms with van der Waals surface area (Å²) in [5.74, 6) is 0.850. The van der Waals surface area contributed by atoms with Gasteiger partial charge in [0.15, 0.2) is 0 Å². The van der Waals surface area contributed by atoms with E-state index in [9.17, 15) is 0 Å². The molecule has 1 aliphatic rings. The predicted molar refractivity (Wildman–Crippen MR) is 69.7 cm³/mol. The minimum Gasteiger partial charge on any atom is -0.314 e. The molecule has 0 radical (unpaired) electrons. The van der Waals surface area contributed by atoms with Crippen molar-refractivity contribution in [3.8, 4) is 0 Å². The highest BCUT2D eigenvalue weighted by Crippen LogP contribution is 2.28. The molecular formula is C15H23N. The van der Waals surface area contributed by atoms with Gasteiger partial charge in [-0.2, -0.15) is 0 Å². The first-order chi connectivity index (χ1) is 7.79. The first kappa shape index (κ1) is 11.7. The van der Waals surface area contributed by atoms with Gasteiger partial charge >= 0.3 is 0 Å². The molecule has 2 rings (SSSR count). The largest absolute Gasteiger partial charge is 0.314 e. The van der Waals surface area contributed by atoms with Crippen molar-refractivity contribution < 1.29 is 0 Å². The molecule has 0 aromatic heterocycles. The summed E-state index contributed by atoms with van der Waals surface area (Å²) in [5, 5.41) is 3.63. The van der Waals surface area contributed by atoms with E-state index in [0.29, 0.717) is 0 Å². The third-order valence-electron chi connectivity index (χ3n) is 3.74. The SMILES string of the molecule is CCNC1CCCC1Cc1ccc(C)cc1. The summed E-state index contributed by atoms with van der Waals surface area (Å²) in [4.78, 5) is 0. The molecule has 1 saturated carbocycles. The van der Waals surface area contributed by atoms with Crippen LogP contribution in [0.5, 0.6) is 0 Å². The maximum absolute atomic E-state index is 3.63. The summed E-state index contributed by atoms with van der Waals surface area (Å²) in [5.41, 5.74) is 2.86. The Morgan fingerprint density at radius 3 is 2.62 bits per heavy atom. The second-order valence-corrected chi connectivity index (χ2v) is 5.04. The van der Waals surface area contributed by atoms with Crippen molar-refractivity contribution in [3.63, 3.8) is 0 Å². The number of hydrogen-bond acceptors (Lipinski definition) is 1. The van der Waals surface area contributed by atoms with Crippen LogP contribution >= 0.6 is 0 Å². The van der Waals surface area contributed by atoms with Gasteiger partial charge in [0.05, 0.1) is 0 Å². The number of benzene rings is 1. The standard InChI is InChI=1S/C15H23N/c1-3-16-15-6-4-5-14(15)11-13-9-7-12(2)8-10-13/h7-10,14-16H,3-6,11H2,1-2H3. The number of rotatable bonds is 4. The van der Waals surface area contributed by atoms with Crippen molar-refractivity contribution in [1.82, 2.24) is 5.32 Å². The van der Waals surface area contributed by atoms with E-state index in [1.165, 1.54) is 36.8 Å². The molecule has 0 heterocycles. The lowest BCUT2D eigenvalue weighted by Crippen LogP contribution is -2.33. The van der Waals surface area contributed by atoms with Crippen molar-refractivity contribution in [3.05, 3.63) is 35.4 Å². The quantitative estimate of drug-likeness (QED) is 0.816. The van der Waals surface area contributed by atoms with E-state index >= 15 is 0 Å². The Morgan fingerprint density at radius 1 is 1.19 bits per heavy atom. The second kappa shape index (κ2) is 5.49. The van der Waals surface area contributed by atoms with Gasteiger partial charge in [-0.15, -0.1) is 0 Å². The van der Waals surface area contributed by atoms with Gasteiger partial charge < -0.3 is 5.32 Å². The van der Waals surface area contributed by atoms with Gasteiger partial charge in [0.1, 0.15) is 0 Å². The lowest BCUT2D eigenvalue weighted by atomic mass is 9.94. The molecule has 1 heteroatoms. The van der Waals surface area contributed by atoms with Gasteiger partial charge in [-0.1, -0.05) is 43.2 Å². The van der Waals surface area contributed by atoms with E-state index in [1.807, 2.05) is 0 Å². The highest BCUT2D eigenvalue weighted by atomic mass is 14.9. The van der Waals surface area contributed by atoms with E-state index < -0.39 is 0 Å². The normalized spacial score (nSPS) is 24.9. The number of hydrogen-bond donors (Lipinski definition) is 1. The molecule has 1 aromatic rings. The van der Waals surface area contributed by atoms with Crippen LogP contribution in [0.25, 0.3) is 0 Å². The highest BCUT2D eigenvalue weighted by Gasteiger charge is 2.26. The fourth-order valence-corrected chi connectivity index (χ4v) is 2.84. The zero-order valence-electron chi connectivity index (χ0n) is 10.5. The van der Waals surface area contributed by atoms with Crippen molar-refractivity contribution in [2.24, 2.45) is 5.92 Å². The molecule has 0 aliphatic heterocycles. The van der Waals surface area contributed by atoms with Crippen LogP contribution in [0.4, 0.5) is 0 Å². The Morgan fingerprint density at radius 2 is 1.94 bits per heavy atom. The van der Waals surface area contributed by atoms with Crippen LogP contribution in [0.15, 0.2) is 24.3 Å². The third kappa shape index (κ3) is 2.85. The predicted octanol–water partition coefficient (Wildman–Crippen LogP) is 3.32. The first-order valence-electron chi connectivity index (χ1n) is 6.58. The third-order valence-corrected chi connectivity index (χ3v) is 3.74. The summed E-state index contributed by atoms with van der Waals surface area (Å²) in [6, 6.07) is 9.79. The molecule has 0 spiro atoms. The average Bonchev–Trinajstić information content (AvgIpc) is 2.70. The second-order valence-electron chi connectivity index (χ2n) is 5.04. The van der Waals surface area contributed by atoms with E-state index in [0.717, 1.165) is 18.5 Å². The molecule has 2 unspecified atom stereocenters. The van der Waals surface area contributed by atoms with Crippen LogP contribution in [0.3, 0.4) is 0 Å². The Labute approximate surface area is 99.3 Å². The average molecular weight is 217 g/mol. The monoisotopic (exact) mass is 217 g/mol. The summed E-state index contributed by atoms with van der Waals surface area (Å²) >= 11 is 0. The van der Waals surface area contributed by atoms with Crippen LogP contribution in [-0.2, 0) is 6.42 Å². The summed E-state index contributed by atoms with van der Waals surface area (Å²) in [7, 11) is 0. The Bertz CT molecular complexity index is 315. The molecule has 0 bridgehead atoms. The van der Waals surface area contributed by atoms with E-state index in [1.54, 1.807) is 0 Å². The Kier molecular flexibility index (Phi) is 4.00. The minimum atomic E-state index is 0.756. The molecule has 16 heavy (non-hydrogen) atoms. The van der Waals surface area contributed by atoms with Gasteiger partial charge in [-0.05, 0) is 44.2 Å². The lowest BCUT2D eigenvalue weighted by Gasteiger charge is -2.20. The molecule has 2 atom stereocenters. The molecule has 1 nitrogen and oxygen atoms in total. The smallest absolute Gasteiger partial charge is 0.00983 e. The van der Waals surface area contributed by atoms with Gasteiger partial charge in [-0.25, -0.2) is 0 Å². The Hall–Kier alpha value is -0.820. The fourth-order valence-electron chi connectivity index (χ4n) is 2.84. The fraction of sp³-hybridized carbons (Fsp3) is 0.600. The van der Waals surface area contributed by atoms with E-state index in [2.05, 4.69) is 43.4 Å². The zero-order chi connectivity index (χ0) is 11.4. The van der Waals surface area contributed by atoms with Crippen LogP contribution in [0.2, 0.25) is 0 Å². The zero-order valence-corrected chi connectivity index (χ0v) is 10.5. The van der Waals surface area contributed by atoms with Gasteiger partial charge in [0, 0.05) is 6.04 Å². The van der Waals surface area contributed by atoms with Crippen LogP contribution < -0.4 is 5.32 Å². The highest BCUT2D eigenvalue weighted by molar-refractivity contribution is 5.22. The molecule has 88 valence electrons. The Balaban J connectivity index is 1.95. The van der Waals surface area contributed by atoms with Crippen LogP contribution in [-0.4, -0.2) is 12.6 Å². The maximum atomic E-state index is 3.63. The summed E-state index contributed by atoms with van der Waals surface area (Å²) in [6.45, 7) is 5.47. The van der Waals surface area contributed by atoms with Gasteiger partial charge in [-0.3, -0.25) is 0 Å². The summed E-state index contributed by atoms with van der Waals surface area (Å²) in [6.07, 6.45) is 5.40. The molecule has 1 fully saturated rings. The van der Waals surface area contributed by atoms with Crippen LogP contribution in [0, 0.1) is 12.8 Å². The number of nitrogens with one attached hydrogen (secondary N) is 1. The van der Waals surface area contributed by atoms with Crippen molar-refractivity contribution in [2.45, 2.75) is 45.6 Å². The maximum Gasteiger partial charge on any atom is 0.00983 e. The number of aryl methyl sites for hydroxylation is 1. The van der Waals surface area contributed by atoms with Crippen molar-refractivity contribution >= 4 is 0 Å². The molecule has 1 aromatic carbocycles. The molecule has 0 amide bonds. The minimum absolute atomic E-state index is 0.756. The lowest BCUT2D eigenvalue weighted by molar-refractivity contribution is 0.406. The van der Waals surface area contributed by atoms with Gasteiger partial charge in [0.25, 0.3) is 0 Å². The molecule has 1 N–H and O–H groups in total. The van der Waals surface area contributed by atoms with Crippen molar-refractivity contribution in [2.75, 3.05) is 6.54 Å². The topological polar surface area (TPSA) is 12.0 Å². The van der Waals surface area contributed by atoms with Gasteiger partial charge in [0.2, 0.25) is 0 Å². The van der Waals surface area contributed by atoms with Crippen molar-refractivity contribution in [1.29, 1.82) is 0 Å². The van der Waals surface area contributed by atoms with E-state index in [4.69, 9.17) is 0 Å². The molecular weight excluding hydrogens is 194 g/mol. The van der Waals surface area contributed by atoms with E-state index in [-0.39, 0.29) is 0 Å².